The minimum absolute atomic E-state index is 0.192. The van der Waals surface area contributed by atoms with Crippen LogP contribution in [0.5, 0.6) is 5.88 Å². The molecule has 0 aliphatic carbocycles. The van der Waals surface area contributed by atoms with Crippen molar-refractivity contribution in [1.29, 1.82) is 0 Å². The second-order valence-electron chi connectivity index (χ2n) is 4.82. The SMILES string of the molecule is FC(F)(F)Oc1c(Cc2ccccc2)nc2n1CCNC2. The van der Waals surface area contributed by atoms with Crippen molar-refractivity contribution in [3.63, 3.8) is 0 Å². The molecule has 0 radical (unpaired) electrons. The van der Waals surface area contributed by atoms with Crippen LogP contribution in [-0.4, -0.2) is 22.5 Å². The molecule has 1 aromatic heterocycles. The topological polar surface area (TPSA) is 39.1 Å². The zero-order chi connectivity index (χ0) is 14.9. The Hall–Kier alpha value is -2.02. The maximum Gasteiger partial charge on any atom is 0.574 e. The summed E-state index contributed by atoms with van der Waals surface area (Å²) in [6.07, 6.45) is -4.40. The van der Waals surface area contributed by atoms with Gasteiger partial charge in [0.1, 0.15) is 11.5 Å². The predicted octanol–water partition coefficient (Wildman–Crippen LogP) is 2.48. The molecule has 0 atom stereocenters. The van der Waals surface area contributed by atoms with Crippen molar-refractivity contribution in [1.82, 2.24) is 14.9 Å². The monoisotopic (exact) mass is 297 g/mol. The second kappa shape index (κ2) is 5.40. The number of nitrogens with zero attached hydrogens (tertiary/aromatic N) is 2. The lowest BCUT2D eigenvalue weighted by Gasteiger charge is -2.18. The van der Waals surface area contributed by atoms with E-state index in [1.807, 2.05) is 30.3 Å². The zero-order valence-corrected chi connectivity index (χ0v) is 11.2. The third-order valence-electron chi connectivity index (χ3n) is 3.29. The van der Waals surface area contributed by atoms with Gasteiger partial charge in [-0.2, -0.15) is 0 Å². The maximum absolute atomic E-state index is 12.6. The van der Waals surface area contributed by atoms with E-state index in [9.17, 15) is 13.2 Å². The molecular weight excluding hydrogens is 283 g/mol. The fourth-order valence-electron chi connectivity index (χ4n) is 2.42. The molecule has 112 valence electrons. The molecule has 7 heteroatoms. The highest BCUT2D eigenvalue weighted by Gasteiger charge is 2.35. The fraction of sp³-hybridized carbons (Fsp3) is 0.357. The predicted molar refractivity (Wildman–Crippen MR) is 69.9 cm³/mol. The van der Waals surface area contributed by atoms with Crippen molar-refractivity contribution >= 4 is 0 Å². The Morgan fingerprint density at radius 2 is 2.00 bits per heavy atom. The van der Waals surface area contributed by atoms with E-state index in [-0.39, 0.29) is 5.88 Å². The number of ether oxygens (including phenoxy) is 1. The van der Waals surface area contributed by atoms with Crippen molar-refractivity contribution < 1.29 is 17.9 Å². The summed E-state index contributed by atoms with van der Waals surface area (Å²) >= 11 is 0. The first-order chi connectivity index (χ1) is 10.0. The number of benzene rings is 1. The third kappa shape index (κ3) is 3.18. The number of nitrogens with one attached hydrogen (secondary N) is 1. The van der Waals surface area contributed by atoms with E-state index in [0.717, 1.165) is 5.56 Å². The molecule has 1 aliphatic heterocycles. The molecular formula is C14H14F3N3O. The summed E-state index contributed by atoms with van der Waals surface area (Å²) in [5, 5.41) is 3.09. The Morgan fingerprint density at radius 1 is 1.24 bits per heavy atom. The van der Waals surface area contributed by atoms with Crippen LogP contribution in [0, 0.1) is 0 Å². The smallest absolute Gasteiger partial charge is 0.388 e. The summed E-state index contributed by atoms with van der Waals surface area (Å²) in [4.78, 5) is 4.31. The molecule has 0 saturated heterocycles. The lowest BCUT2D eigenvalue weighted by atomic mass is 10.1. The first-order valence-corrected chi connectivity index (χ1v) is 6.61. The van der Waals surface area contributed by atoms with Gasteiger partial charge in [0.15, 0.2) is 0 Å². The van der Waals surface area contributed by atoms with Crippen molar-refractivity contribution in [2.24, 2.45) is 0 Å². The normalized spacial score (nSPS) is 14.8. The average molecular weight is 297 g/mol. The molecule has 1 aliphatic rings. The zero-order valence-electron chi connectivity index (χ0n) is 11.2. The van der Waals surface area contributed by atoms with Gasteiger partial charge in [0, 0.05) is 19.5 Å². The van der Waals surface area contributed by atoms with Gasteiger partial charge in [-0.25, -0.2) is 4.98 Å². The van der Waals surface area contributed by atoms with Gasteiger partial charge in [-0.3, -0.25) is 4.57 Å². The molecule has 0 spiro atoms. The summed E-state index contributed by atoms with van der Waals surface area (Å²) in [5.41, 5.74) is 1.21. The summed E-state index contributed by atoms with van der Waals surface area (Å²) in [7, 11) is 0. The fourth-order valence-corrected chi connectivity index (χ4v) is 2.42. The van der Waals surface area contributed by atoms with Gasteiger partial charge >= 0.3 is 6.36 Å². The molecule has 1 aromatic carbocycles. The lowest BCUT2D eigenvalue weighted by Crippen LogP contribution is -2.29. The van der Waals surface area contributed by atoms with E-state index in [2.05, 4.69) is 15.0 Å². The second-order valence-corrected chi connectivity index (χ2v) is 4.82. The largest absolute Gasteiger partial charge is 0.574 e. The Morgan fingerprint density at radius 3 is 2.71 bits per heavy atom. The molecule has 0 unspecified atom stereocenters. The number of rotatable bonds is 3. The van der Waals surface area contributed by atoms with Gasteiger partial charge in [-0.1, -0.05) is 30.3 Å². The molecule has 21 heavy (non-hydrogen) atoms. The summed E-state index contributed by atoms with van der Waals surface area (Å²) in [5.74, 6) is 0.384. The Kier molecular flexibility index (Phi) is 3.59. The minimum Gasteiger partial charge on any atom is -0.388 e. The van der Waals surface area contributed by atoms with Crippen molar-refractivity contribution in [3.05, 3.63) is 47.4 Å². The summed E-state index contributed by atoms with van der Waals surface area (Å²) in [6, 6.07) is 9.26. The van der Waals surface area contributed by atoms with Gasteiger partial charge in [0.2, 0.25) is 5.88 Å². The van der Waals surface area contributed by atoms with E-state index in [0.29, 0.717) is 37.6 Å². The number of halogens is 3. The molecule has 0 bridgehead atoms. The number of imidazole rings is 1. The first kappa shape index (κ1) is 13.9. The molecule has 0 amide bonds. The Balaban J connectivity index is 1.96. The average Bonchev–Trinajstić information content (AvgIpc) is 2.76. The van der Waals surface area contributed by atoms with Crippen LogP contribution in [0.2, 0.25) is 0 Å². The number of hydrogen-bond donors (Lipinski definition) is 1. The van der Waals surface area contributed by atoms with E-state index in [1.54, 1.807) is 0 Å². The van der Waals surface area contributed by atoms with Crippen LogP contribution in [0.15, 0.2) is 30.3 Å². The van der Waals surface area contributed by atoms with Gasteiger partial charge < -0.3 is 10.1 Å². The Bertz CT molecular complexity index is 622. The molecule has 2 heterocycles. The van der Waals surface area contributed by atoms with Crippen LogP contribution in [0.25, 0.3) is 0 Å². The van der Waals surface area contributed by atoms with E-state index in [4.69, 9.17) is 0 Å². The van der Waals surface area contributed by atoms with Gasteiger partial charge in [0.25, 0.3) is 0 Å². The van der Waals surface area contributed by atoms with Crippen LogP contribution >= 0.6 is 0 Å². The maximum atomic E-state index is 12.6. The molecule has 3 rings (SSSR count). The van der Waals surface area contributed by atoms with Gasteiger partial charge in [-0.15, -0.1) is 13.2 Å². The third-order valence-corrected chi connectivity index (χ3v) is 3.29. The minimum atomic E-state index is -4.72. The summed E-state index contributed by atoms with van der Waals surface area (Å²) < 4.78 is 43.6. The van der Waals surface area contributed by atoms with Crippen LogP contribution in [0.1, 0.15) is 17.1 Å². The van der Waals surface area contributed by atoms with Crippen molar-refractivity contribution in [2.45, 2.75) is 25.9 Å². The quantitative estimate of drug-likeness (QED) is 0.946. The molecule has 2 aromatic rings. The highest BCUT2D eigenvalue weighted by molar-refractivity contribution is 5.31. The molecule has 0 saturated carbocycles. The van der Waals surface area contributed by atoms with E-state index >= 15 is 0 Å². The molecule has 4 nitrogen and oxygen atoms in total. The lowest BCUT2D eigenvalue weighted by molar-refractivity contribution is -0.277. The van der Waals surface area contributed by atoms with Crippen molar-refractivity contribution in [2.75, 3.05) is 6.54 Å². The Labute approximate surface area is 119 Å². The highest BCUT2D eigenvalue weighted by Crippen LogP contribution is 2.30. The standard InChI is InChI=1S/C14H14F3N3O/c15-14(16,17)21-13-11(8-10-4-2-1-3-5-10)19-12-9-18-6-7-20(12)13/h1-5,18H,6-9H2. The van der Waals surface area contributed by atoms with E-state index in [1.165, 1.54) is 4.57 Å². The molecule has 0 fully saturated rings. The number of alkyl halides is 3. The van der Waals surface area contributed by atoms with E-state index < -0.39 is 6.36 Å². The van der Waals surface area contributed by atoms with Crippen LogP contribution in [-0.2, 0) is 19.5 Å². The molecule has 1 N–H and O–H groups in total. The highest BCUT2D eigenvalue weighted by atomic mass is 19.4. The van der Waals surface area contributed by atoms with Gasteiger partial charge in [-0.05, 0) is 5.56 Å². The number of fused-ring (bicyclic) bond motifs is 1. The number of hydrogen-bond acceptors (Lipinski definition) is 3. The first-order valence-electron chi connectivity index (χ1n) is 6.61. The van der Waals surface area contributed by atoms with Crippen molar-refractivity contribution in [3.8, 4) is 5.88 Å². The van der Waals surface area contributed by atoms with Crippen LogP contribution in [0.3, 0.4) is 0 Å². The van der Waals surface area contributed by atoms with Gasteiger partial charge in [0.05, 0.1) is 6.54 Å². The van der Waals surface area contributed by atoms with Crippen LogP contribution in [0.4, 0.5) is 13.2 Å². The number of aromatic nitrogens is 2. The summed E-state index contributed by atoms with van der Waals surface area (Å²) in [6.45, 7) is 1.47. The van der Waals surface area contributed by atoms with Crippen LogP contribution < -0.4 is 10.1 Å².